The van der Waals surface area contributed by atoms with Gasteiger partial charge in [0.15, 0.2) is 10.6 Å². The van der Waals surface area contributed by atoms with Gasteiger partial charge in [0.25, 0.3) is 0 Å². The van der Waals surface area contributed by atoms with Gasteiger partial charge in [-0.3, -0.25) is 4.79 Å². The van der Waals surface area contributed by atoms with Crippen LogP contribution >= 0.6 is 23.2 Å². The molecule has 0 aliphatic rings. The molecule has 0 saturated carbocycles. The third-order valence-corrected chi connectivity index (χ3v) is 2.92. The molecule has 0 aliphatic heterocycles. The molecule has 0 heterocycles. The first kappa shape index (κ1) is 11.5. The summed E-state index contributed by atoms with van der Waals surface area (Å²) in [6, 6.07) is 3.68. The maximum atomic E-state index is 11.6. The van der Waals surface area contributed by atoms with Gasteiger partial charge in [-0.2, -0.15) is 0 Å². The largest absolute Gasteiger partial charge is 0.291 e. The molecule has 1 aromatic carbocycles. The highest BCUT2D eigenvalue weighted by Crippen LogP contribution is 2.20. The van der Waals surface area contributed by atoms with Crippen LogP contribution in [0.25, 0.3) is 0 Å². The van der Waals surface area contributed by atoms with E-state index in [-0.39, 0.29) is 5.78 Å². The van der Waals surface area contributed by atoms with Gasteiger partial charge in [0, 0.05) is 5.56 Å². The molecule has 1 aromatic rings. The number of hydrogen-bond donors (Lipinski definition) is 0. The van der Waals surface area contributed by atoms with E-state index in [1.165, 1.54) is 5.56 Å². The van der Waals surface area contributed by atoms with Crippen molar-refractivity contribution in [2.45, 2.75) is 25.6 Å². The number of rotatable bonds is 2. The van der Waals surface area contributed by atoms with E-state index < -0.39 is 4.84 Å². The van der Waals surface area contributed by atoms with Gasteiger partial charge in [-0.05, 0) is 37.5 Å². The van der Waals surface area contributed by atoms with E-state index in [1.807, 2.05) is 26.8 Å². The molecule has 0 atom stereocenters. The highest BCUT2D eigenvalue weighted by molar-refractivity contribution is 6.55. The lowest BCUT2D eigenvalue weighted by molar-refractivity contribution is 0.101. The number of carbonyl (C=O) groups is 1. The minimum absolute atomic E-state index is 0.228. The summed E-state index contributed by atoms with van der Waals surface area (Å²) in [6.07, 6.45) is 0. The molecule has 3 heteroatoms. The summed E-state index contributed by atoms with van der Waals surface area (Å²) in [5.41, 5.74) is 3.86. The van der Waals surface area contributed by atoms with Crippen LogP contribution in [0.15, 0.2) is 12.1 Å². The zero-order valence-electron chi connectivity index (χ0n) is 8.40. The molecule has 1 rings (SSSR count). The first-order valence-electron chi connectivity index (χ1n) is 4.34. The van der Waals surface area contributed by atoms with E-state index in [4.69, 9.17) is 23.2 Å². The van der Waals surface area contributed by atoms with Crippen molar-refractivity contribution in [2.24, 2.45) is 0 Å². The summed E-state index contributed by atoms with van der Waals surface area (Å²) >= 11 is 11.1. The number of benzene rings is 1. The summed E-state index contributed by atoms with van der Waals surface area (Å²) in [6.45, 7) is 5.90. The number of carbonyl (C=O) groups excluding carboxylic acids is 1. The van der Waals surface area contributed by atoms with Crippen molar-refractivity contribution in [1.29, 1.82) is 0 Å². The van der Waals surface area contributed by atoms with Gasteiger partial charge in [0.1, 0.15) is 0 Å². The van der Waals surface area contributed by atoms with Crippen molar-refractivity contribution >= 4 is 29.0 Å². The lowest BCUT2D eigenvalue weighted by atomic mass is 9.97. The Bertz CT molecular complexity index is 370. The average Bonchev–Trinajstić information content (AvgIpc) is 2.13. The molecule has 0 amide bonds. The van der Waals surface area contributed by atoms with Gasteiger partial charge in [-0.25, -0.2) is 0 Å². The van der Waals surface area contributed by atoms with Crippen LogP contribution in [-0.4, -0.2) is 10.6 Å². The second-order valence-corrected chi connectivity index (χ2v) is 4.44. The molecular weight excluding hydrogens is 219 g/mol. The Morgan fingerprint density at radius 3 is 2.21 bits per heavy atom. The highest BCUT2D eigenvalue weighted by Gasteiger charge is 2.17. The summed E-state index contributed by atoms with van der Waals surface area (Å²) in [5.74, 6) is -0.228. The number of hydrogen-bond acceptors (Lipinski definition) is 1. The molecule has 1 nitrogen and oxygen atoms in total. The van der Waals surface area contributed by atoms with Crippen molar-refractivity contribution < 1.29 is 4.79 Å². The fraction of sp³-hybridized carbons (Fsp3) is 0.364. The van der Waals surface area contributed by atoms with E-state index >= 15 is 0 Å². The third-order valence-electron chi connectivity index (χ3n) is 2.52. The lowest BCUT2D eigenvalue weighted by Crippen LogP contribution is -2.11. The molecule has 0 fully saturated rings. The molecule has 0 saturated heterocycles. The Morgan fingerprint density at radius 2 is 1.71 bits per heavy atom. The Labute approximate surface area is 94.0 Å². The number of alkyl halides is 2. The van der Waals surface area contributed by atoms with Gasteiger partial charge < -0.3 is 0 Å². The van der Waals surface area contributed by atoms with Gasteiger partial charge in [-0.15, -0.1) is 0 Å². The van der Waals surface area contributed by atoms with Crippen molar-refractivity contribution in [3.63, 3.8) is 0 Å². The maximum Gasteiger partial charge on any atom is 0.195 e. The minimum atomic E-state index is -0.976. The molecule has 0 unspecified atom stereocenters. The van der Waals surface area contributed by atoms with Crippen LogP contribution in [0.5, 0.6) is 0 Å². The van der Waals surface area contributed by atoms with Crippen molar-refractivity contribution in [3.05, 3.63) is 34.4 Å². The van der Waals surface area contributed by atoms with Crippen molar-refractivity contribution in [3.8, 4) is 0 Å². The minimum Gasteiger partial charge on any atom is -0.291 e. The van der Waals surface area contributed by atoms with Gasteiger partial charge in [0.2, 0.25) is 0 Å². The average molecular weight is 231 g/mol. The molecule has 14 heavy (non-hydrogen) atoms. The van der Waals surface area contributed by atoms with Gasteiger partial charge in [-0.1, -0.05) is 35.3 Å². The summed E-state index contributed by atoms with van der Waals surface area (Å²) in [5, 5.41) is 0. The zero-order chi connectivity index (χ0) is 10.9. The number of ketones is 1. The summed E-state index contributed by atoms with van der Waals surface area (Å²) < 4.78 is 0. The fourth-order valence-electron chi connectivity index (χ4n) is 1.34. The van der Waals surface area contributed by atoms with E-state index in [2.05, 4.69) is 0 Å². The standard InChI is InChI=1S/C11H12Cl2O/c1-6-4-5-9(8(3)7(6)2)10(14)11(12)13/h4-5,11H,1-3H3. The molecule has 0 aliphatic carbocycles. The Balaban J connectivity index is 3.24. The predicted octanol–water partition coefficient (Wildman–Crippen LogP) is 3.60. The second-order valence-electron chi connectivity index (χ2n) is 3.34. The molecule has 0 spiro atoms. The summed E-state index contributed by atoms with van der Waals surface area (Å²) in [7, 11) is 0. The van der Waals surface area contributed by atoms with Crippen LogP contribution in [0, 0.1) is 20.8 Å². The smallest absolute Gasteiger partial charge is 0.195 e. The van der Waals surface area contributed by atoms with Crippen LogP contribution in [0.1, 0.15) is 27.0 Å². The second kappa shape index (κ2) is 4.33. The zero-order valence-corrected chi connectivity index (χ0v) is 9.91. The van der Waals surface area contributed by atoms with Crippen LogP contribution in [-0.2, 0) is 0 Å². The molecule has 0 radical (unpaired) electrons. The molecule has 0 bridgehead atoms. The first-order valence-corrected chi connectivity index (χ1v) is 5.21. The monoisotopic (exact) mass is 230 g/mol. The fourth-order valence-corrected chi connectivity index (χ4v) is 1.58. The van der Waals surface area contributed by atoms with E-state index in [9.17, 15) is 4.79 Å². The molecule has 0 aromatic heterocycles. The van der Waals surface area contributed by atoms with Crippen LogP contribution in [0.3, 0.4) is 0 Å². The Hall–Kier alpha value is -0.530. The first-order chi connectivity index (χ1) is 6.45. The number of Topliss-reactive ketones (excluding diaryl/α,β-unsaturated/α-hetero) is 1. The third kappa shape index (κ3) is 2.10. The Kier molecular flexibility index (Phi) is 3.57. The predicted molar refractivity (Wildman–Crippen MR) is 60.5 cm³/mol. The quantitative estimate of drug-likeness (QED) is 0.561. The molecule has 76 valence electrons. The molecular formula is C11H12Cl2O. The SMILES string of the molecule is Cc1ccc(C(=O)C(Cl)Cl)c(C)c1C. The van der Waals surface area contributed by atoms with Crippen LogP contribution in [0.2, 0.25) is 0 Å². The lowest BCUT2D eigenvalue weighted by Gasteiger charge is -2.10. The highest BCUT2D eigenvalue weighted by atomic mass is 35.5. The topological polar surface area (TPSA) is 17.1 Å². The van der Waals surface area contributed by atoms with Gasteiger partial charge in [0.05, 0.1) is 0 Å². The van der Waals surface area contributed by atoms with Gasteiger partial charge >= 0.3 is 0 Å². The maximum absolute atomic E-state index is 11.6. The van der Waals surface area contributed by atoms with E-state index in [0.29, 0.717) is 5.56 Å². The van der Waals surface area contributed by atoms with Crippen molar-refractivity contribution in [2.75, 3.05) is 0 Å². The van der Waals surface area contributed by atoms with E-state index in [1.54, 1.807) is 6.07 Å². The normalized spacial score (nSPS) is 10.7. The summed E-state index contributed by atoms with van der Waals surface area (Å²) in [4.78, 5) is 10.6. The number of halogens is 2. The van der Waals surface area contributed by atoms with E-state index in [0.717, 1.165) is 11.1 Å². The Morgan fingerprint density at radius 1 is 1.14 bits per heavy atom. The van der Waals surface area contributed by atoms with Crippen LogP contribution in [0.4, 0.5) is 0 Å². The number of aryl methyl sites for hydroxylation is 1. The molecule has 0 N–H and O–H groups in total. The van der Waals surface area contributed by atoms with Crippen molar-refractivity contribution in [1.82, 2.24) is 0 Å². The van der Waals surface area contributed by atoms with Crippen LogP contribution < -0.4 is 0 Å².